The second kappa shape index (κ2) is 4.42. The van der Waals surface area contributed by atoms with Crippen molar-refractivity contribution < 1.29 is 0 Å². The Labute approximate surface area is 85.3 Å². The molecule has 0 aliphatic rings. The molecule has 0 fully saturated rings. The summed E-state index contributed by atoms with van der Waals surface area (Å²) in [5.74, 6) is 0. The Hall–Kier alpha value is -0.610. The number of thiocarbonyl (C=S) groups is 1. The zero-order valence-electron chi connectivity index (χ0n) is 6.38. The fraction of sp³-hybridized carbons (Fsp3) is 0.125. The predicted octanol–water partition coefficient (Wildman–Crippen LogP) is 2.15. The zero-order valence-corrected chi connectivity index (χ0v) is 8.78. The summed E-state index contributed by atoms with van der Waals surface area (Å²) in [6.45, 7) is 0.526. The molecule has 0 heterocycles. The van der Waals surface area contributed by atoms with E-state index in [-0.39, 0.29) is 0 Å². The fourth-order valence-corrected chi connectivity index (χ4v) is 1.28. The maximum Gasteiger partial charge on any atom is 0.0921 e. The van der Waals surface area contributed by atoms with E-state index in [9.17, 15) is 0 Å². The molecule has 0 bridgehead atoms. The van der Waals surface area contributed by atoms with Crippen molar-refractivity contribution in [1.29, 1.82) is 0 Å². The molecule has 1 aromatic carbocycles. The third kappa shape index (κ3) is 2.79. The topological polar surface area (TPSA) is 38.0 Å². The summed E-state index contributed by atoms with van der Waals surface area (Å²) in [7, 11) is 0. The van der Waals surface area contributed by atoms with Crippen molar-refractivity contribution in [1.82, 2.24) is 0 Å². The van der Waals surface area contributed by atoms with Crippen LogP contribution in [0.15, 0.2) is 28.7 Å². The van der Waals surface area contributed by atoms with E-state index >= 15 is 0 Å². The first kappa shape index (κ1) is 9.48. The first-order valence-corrected chi connectivity index (χ1v) is 4.67. The monoisotopic (exact) mass is 244 g/mol. The Kier molecular flexibility index (Phi) is 3.49. The molecule has 0 unspecified atom stereocenters. The summed E-state index contributed by atoms with van der Waals surface area (Å²) in [6.07, 6.45) is 0. The third-order valence-corrected chi connectivity index (χ3v) is 2.16. The van der Waals surface area contributed by atoms with Gasteiger partial charge in [-0.05, 0) is 28.1 Å². The summed E-state index contributed by atoms with van der Waals surface area (Å²) in [5.41, 5.74) is 6.35. The minimum Gasteiger partial charge on any atom is -0.392 e. The standard InChI is InChI=1S/C8H9BrN2S/c9-6-3-1-2-4-7(6)11-5-8(10)12/h1-4,11H,5H2,(H2,10,12). The van der Waals surface area contributed by atoms with Crippen LogP contribution in [0.5, 0.6) is 0 Å². The number of anilines is 1. The van der Waals surface area contributed by atoms with Crippen molar-refractivity contribution in [3.8, 4) is 0 Å². The number of para-hydroxylation sites is 1. The summed E-state index contributed by atoms with van der Waals surface area (Å²) in [6, 6.07) is 7.83. The largest absolute Gasteiger partial charge is 0.392 e. The molecule has 0 amide bonds. The van der Waals surface area contributed by atoms with Crippen molar-refractivity contribution in [3.63, 3.8) is 0 Å². The number of hydrogen-bond acceptors (Lipinski definition) is 2. The van der Waals surface area contributed by atoms with Gasteiger partial charge in [0, 0.05) is 10.2 Å². The summed E-state index contributed by atoms with van der Waals surface area (Å²) < 4.78 is 1.02. The van der Waals surface area contributed by atoms with E-state index < -0.39 is 0 Å². The normalized spacial score (nSPS) is 9.42. The highest BCUT2D eigenvalue weighted by Gasteiger charge is 1.96. The van der Waals surface area contributed by atoms with Gasteiger partial charge in [-0.1, -0.05) is 24.4 Å². The molecule has 1 rings (SSSR count). The Bertz CT molecular complexity index is 288. The van der Waals surface area contributed by atoms with Crippen LogP contribution in [-0.2, 0) is 0 Å². The van der Waals surface area contributed by atoms with E-state index in [0.29, 0.717) is 11.5 Å². The molecule has 0 saturated heterocycles. The molecule has 0 atom stereocenters. The first-order chi connectivity index (χ1) is 5.70. The lowest BCUT2D eigenvalue weighted by Gasteiger charge is -2.06. The Morgan fingerprint density at radius 3 is 2.75 bits per heavy atom. The van der Waals surface area contributed by atoms with Gasteiger partial charge in [0.25, 0.3) is 0 Å². The molecule has 0 aromatic heterocycles. The number of hydrogen-bond donors (Lipinski definition) is 2. The van der Waals surface area contributed by atoms with Gasteiger partial charge in [-0.25, -0.2) is 0 Å². The van der Waals surface area contributed by atoms with Gasteiger partial charge in [-0.2, -0.15) is 0 Å². The van der Waals surface area contributed by atoms with Gasteiger partial charge < -0.3 is 11.1 Å². The number of rotatable bonds is 3. The quantitative estimate of drug-likeness (QED) is 0.801. The van der Waals surface area contributed by atoms with E-state index in [1.54, 1.807) is 0 Å². The second-order valence-electron chi connectivity index (χ2n) is 2.30. The highest BCUT2D eigenvalue weighted by molar-refractivity contribution is 9.10. The molecule has 2 nitrogen and oxygen atoms in total. The Balaban J connectivity index is 2.63. The van der Waals surface area contributed by atoms with Crippen LogP contribution in [-0.4, -0.2) is 11.5 Å². The minimum absolute atomic E-state index is 0.464. The van der Waals surface area contributed by atoms with Gasteiger partial charge in [0.1, 0.15) is 0 Å². The average molecular weight is 245 g/mol. The lowest BCUT2D eigenvalue weighted by Crippen LogP contribution is -2.19. The zero-order chi connectivity index (χ0) is 8.97. The maximum absolute atomic E-state index is 5.34. The van der Waals surface area contributed by atoms with Crippen LogP contribution < -0.4 is 11.1 Å². The van der Waals surface area contributed by atoms with Crippen molar-refractivity contribution in [3.05, 3.63) is 28.7 Å². The number of nitrogens with two attached hydrogens (primary N) is 1. The van der Waals surface area contributed by atoms with Crippen molar-refractivity contribution in [2.45, 2.75) is 0 Å². The molecule has 0 spiro atoms. The van der Waals surface area contributed by atoms with Gasteiger partial charge >= 0.3 is 0 Å². The first-order valence-electron chi connectivity index (χ1n) is 3.47. The highest BCUT2D eigenvalue weighted by atomic mass is 79.9. The van der Waals surface area contributed by atoms with Crippen molar-refractivity contribution >= 4 is 38.8 Å². The number of nitrogens with one attached hydrogen (secondary N) is 1. The lowest BCUT2D eigenvalue weighted by atomic mass is 10.3. The summed E-state index contributed by atoms with van der Waals surface area (Å²) in [5, 5.41) is 3.10. The molecule has 0 aliphatic carbocycles. The van der Waals surface area contributed by atoms with Gasteiger partial charge in [-0.15, -0.1) is 0 Å². The Morgan fingerprint density at radius 2 is 2.17 bits per heavy atom. The van der Waals surface area contributed by atoms with Crippen molar-refractivity contribution in [2.75, 3.05) is 11.9 Å². The maximum atomic E-state index is 5.34. The highest BCUT2D eigenvalue weighted by Crippen LogP contribution is 2.20. The van der Waals surface area contributed by atoms with E-state index in [1.165, 1.54) is 0 Å². The van der Waals surface area contributed by atoms with Crippen LogP contribution >= 0.6 is 28.1 Å². The van der Waals surface area contributed by atoms with Gasteiger partial charge in [-0.3, -0.25) is 0 Å². The number of halogens is 1. The molecule has 0 saturated carbocycles. The fourth-order valence-electron chi connectivity index (χ4n) is 0.787. The van der Waals surface area contributed by atoms with Crippen molar-refractivity contribution in [2.24, 2.45) is 5.73 Å². The van der Waals surface area contributed by atoms with E-state index in [2.05, 4.69) is 21.2 Å². The van der Waals surface area contributed by atoms with Crippen LogP contribution in [0.3, 0.4) is 0 Å². The van der Waals surface area contributed by atoms with Crippen LogP contribution in [0.4, 0.5) is 5.69 Å². The smallest absolute Gasteiger partial charge is 0.0921 e. The minimum atomic E-state index is 0.464. The summed E-state index contributed by atoms with van der Waals surface area (Å²) >= 11 is 8.14. The van der Waals surface area contributed by atoms with Gasteiger partial charge in [0.2, 0.25) is 0 Å². The molecule has 64 valence electrons. The molecule has 1 aromatic rings. The Morgan fingerprint density at radius 1 is 1.50 bits per heavy atom. The number of benzene rings is 1. The molecular weight excluding hydrogens is 236 g/mol. The molecule has 4 heteroatoms. The third-order valence-electron chi connectivity index (χ3n) is 1.33. The van der Waals surface area contributed by atoms with Gasteiger partial charge in [0.15, 0.2) is 0 Å². The summed E-state index contributed by atoms with van der Waals surface area (Å²) in [4.78, 5) is 0.464. The van der Waals surface area contributed by atoms with E-state index in [0.717, 1.165) is 10.2 Å². The molecule has 12 heavy (non-hydrogen) atoms. The van der Waals surface area contributed by atoms with Crippen LogP contribution in [0.2, 0.25) is 0 Å². The SMILES string of the molecule is NC(=S)CNc1ccccc1Br. The average Bonchev–Trinajstić information content (AvgIpc) is 2.03. The molecule has 0 aliphatic heterocycles. The molecular formula is C8H9BrN2S. The van der Waals surface area contributed by atoms with E-state index in [1.807, 2.05) is 24.3 Å². The van der Waals surface area contributed by atoms with E-state index in [4.69, 9.17) is 18.0 Å². The molecule has 3 N–H and O–H groups in total. The van der Waals surface area contributed by atoms with Crippen LogP contribution in [0.1, 0.15) is 0 Å². The van der Waals surface area contributed by atoms with Gasteiger partial charge in [0.05, 0.1) is 11.5 Å². The second-order valence-corrected chi connectivity index (χ2v) is 3.68. The van der Waals surface area contributed by atoms with Crippen LogP contribution in [0.25, 0.3) is 0 Å². The molecule has 0 radical (unpaired) electrons. The predicted molar refractivity (Wildman–Crippen MR) is 59.4 cm³/mol. The lowest BCUT2D eigenvalue weighted by molar-refractivity contribution is 1.37. The van der Waals surface area contributed by atoms with Crippen LogP contribution in [0, 0.1) is 0 Å².